The van der Waals surface area contributed by atoms with Crippen molar-refractivity contribution in [3.8, 4) is 5.82 Å². The molecule has 11 nitrogen and oxygen atoms in total. The van der Waals surface area contributed by atoms with Crippen molar-refractivity contribution in [2.45, 2.75) is 6.54 Å². The molecule has 0 radical (unpaired) electrons. The van der Waals surface area contributed by atoms with Crippen LogP contribution in [0.2, 0.25) is 0 Å². The van der Waals surface area contributed by atoms with Crippen molar-refractivity contribution < 1.29 is 9.59 Å². The Morgan fingerprint density at radius 2 is 2.12 bits per heavy atom. The molecule has 3 heterocycles. The zero-order chi connectivity index (χ0) is 17.8. The largest absolute Gasteiger partial charge is 0.347 e. The third-order valence-electron chi connectivity index (χ3n) is 3.23. The maximum absolute atomic E-state index is 12.2. The van der Waals surface area contributed by atoms with Crippen molar-refractivity contribution in [1.82, 2.24) is 39.6 Å². The summed E-state index contributed by atoms with van der Waals surface area (Å²) in [5.74, 6) is -0.0211. The van der Waals surface area contributed by atoms with Gasteiger partial charge in [0.25, 0.3) is 5.91 Å². The number of rotatable bonds is 5. The number of likely N-dealkylation sites (N-methyl/N-ethyl adjacent to an activating group) is 1. The second-order valence-electron chi connectivity index (χ2n) is 5.29. The zero-order valence-corrected chi connectivity index (χ0v) is 13.6. The summed E-state index contributed by atoms with van der Waals surface area (Å²) in [6.07, 6.45) is 5.83. The average Bonchev–Trinajstić information content (AvgIpc) is 3.27. The Morgan fingerprint density at radius 1 is 1.28 bits per heavy atom. The number of anilines is 1. The molecule has 0 atom stereocenters. The fourth-order valence-corrected chi connectivity index (χ4v) is 1.88. The van der Waals surface area contributed by atoms with E-state index in [-0.39, 0.29) is 18.1 Å². The summed E-state index contributed by atoms with van der Waals surface area (Å²) in [7, 11) is 3.28. The van der Waals surface area contributed by atoms with Gasteiger partial charge in [0.15, 0.2) is 11.5 Å². The molecule has 1 N–H and O–H groups in total. The van der Waals surface area contributed by atoms with E-state index in [1.165, 1.54) is 39.3 Å². The van der Waals surface area contributed by atoms with Crippen LogP contribution in [-0.4, -0.2) is 65.6 Å². The molecular weight excluding hydrogens is 326 g/mol. The normalized spacial score (nSPS) is 10.5. The van der Waals surface area contributed by atoms with Crippen LogP contribution in [0.1, 0.15) is 10.5 Å². The minimum absolute atomic E-state index is 0.0153. The molecule has 128 valence electrons. The van der Waals surface area contributed by atoms with Crippen LogP contribution >= 0.6 is 0 Å². The summed E-state index contributed by atoms with van der Waals surface area (Å²) >= 11 is 0. The Hall–Kier alpha value is -3.63. The van der Waals surface area contributed by atoms with Crippen LogP contribution in [0, 0.1) is 0 Å². The third-order valence-corrected chi connectivity index (χ3v) is 3.23. The monoisotopic (exact) mass is 341 g/mol. The van der Waals surface area contributed by atoms with Gasteiger partial charge in [-0.25, -0.2) is 19.3 Å². The van der Waals surface area contributed by atoms with Crippen molar-refractivity contribution in [1.29, 1.82) is 0 Å². The molecule has 0 aliphatic rings. The van der Waals surface area contributed by atoms with Gasteiger partial charge in [-0.05, 0) is 12.1 Å². The van der Waals surface area contributed by atoms with Crippen molar-refractivity contribution >= 4 is 17.5 Å². The first kappa shape index (κ1) is 16.2. The Bertz CT molecular complexity index is 868. The maximum atomic E-state index is 12.2. The quantitative estimate of drug-likeness (QED) is 0.669. The fraction of sp³-hybridized carbons (Fsp3) is 0.214. The van der Waals surface area contributed by atoms with Gasteiger partial charge >= 0.3 is 0 Å². The summed E-state index contributed by atoms with van der Waals surface area (Å²) in [6, 6.07) is 3.37. The summed E-state index contributed by atoms with van der Waals surface area (Å²) in [6.45, 7) is 0.0153. The standard InChI is InChI=1S/C14H15N9O2/c1-21(2)13(24)7-22-6-11(19-20-22)14(25)18-10-3-4-12(16-5-10)23-9-15-8-17-23/h3-6,8-9H,7H2,1-2H3,(H,18,25). The molecule has 0 spiro atoms. The molecule has 0 aliphatic heterocycles. The van der Waals surface area contributed by atoms with E-state index in [1.807, 2.05) is 0 Å². The van der Waals surface area contributed by atoms with Crippen molar-refractivity contribution in [3.05, 3.63) is 42.9 Å². The number of aromatic nitrogens is 7. The molecule has 2 amide bonds. The first-order chi connectivity index (χ1) is 12.0. The maximum Gasteiger partial charge on any atom is 0.277 e. The van der Waals surface area contributed by atoms with Crippen LogP contribution in [0.15, 0.2) is 37.2 Å². The highest BCUT2D eigenvalue weighted by Gasteiger charge is 2.13. The molecule has 3 aromatic heterocycles. The Labute approximate surface area is 142 Å². The van der Waals surface area contributed by atoms with Gasteiger partial charge < -0.3 is 10.2 Å². The SMILES string of the molecule is CN(C)C(=O)Cn1cc(C(=O)Nc2ccc(-n3cncn3)nc2)nn1. The molecule has 0 aliphatic carbocycles. The summed E-state index contributed by atoms with van der Waals surface area (Å²) < 4.78 is 2.81. The van der Waals surface area contributed by atoms with Gasteiger partial charge in [0.1, 0.15) is 19.2 Å². The van der Waals surface area contributed by atoms with Crippen LogP contribution in [0.3, 0.4) is 0 Å². The Morgan fingerprint density at radius 3 is 2.76 bits per heavy atom. The average molecular weight is 341 g/mol. The Kier molecular flexibility index (Phi) is 4.46. The predicted octanol–water partition coefficient (Wildman–Crippen LogP) is -0.406. The minimum atomic E-state index is -0.446. The number of carbonyl (C=O) groups excluding carboxylic acids is 2. The molecule has 3 aromatic rings. The Balaban J connectivity index is 1.64. The molecule has 11 heteroatoms. The highest BCUT2D eigenvalue weighted by molar-refractivity contribution is 6.02. The van der Waals surface area contributed by atoms with E-state index >= 15 is 0 Å². The van der Waals surface area contributed by atoms with Gasteiger partial charge in [-0.3, -0.25) is 9.59 Å². The lowest BCUT2D eigenvalue weighted by Gasteiger charge is -2.08. The third kappa shape index (κ3) is 3.83. The molecule has 25 heavy (non-hydrogen) atoms. The van der Waals surface area contributed by atoms with Gasteiger partial charge in [-0.15, -0.1) is 5.10 Å². The van der Waals surface area contributed by atoms with E-state index in [0.717, 1.165) is 0 Å². The lowest BCUT2D eigenvalue weighted by atomic mass is 10.3. The van der Waals surface area contributed by atoms with E-state index < -0.39 is 5.91 Å². The lowest BCUT2D eigenvalue weighted by molar-refractivity contribution is -0.129. The number of nitrogens with one attached hydrogen (secondary N) is 1. The van der Waals surface area contributed by atoms with Crippen LogP contribution in [-0.2, 0) is 11.3 Å². The molecule has 0 saturated carbocycles. The lowest BCUT2D eigenvalue weighted by Crippen LogP contribution is -2.26. The molecular formula is C14H15N9O2. The second kappa shape index (κ2) is 6.86. The number of amides is 2. The molecule has 0 saturated heterocycles. The predicted molar refractivity (Wildman–Crippen MR) is 85.8 cm³/mol. The number of hydrogen-bond donors (Lipinski definition) is 1. The fourth-order valence-electron chi connectivity index (χ4n) is 1.88. The van der Waals surface area contributed by atoms with Gasteiger partial charge in [0.2, 0.25) is 5.91 Å². The first-order valence-electron chi connectivity index (χ1n) is 7.25. The minimum Gasteiger partial charge on any atom is -0.347 e. The van der Waals surface area contributed by atoms with Crippen molar-refractivity contribution in [2.75, 3.05) is 19.4 Å². The molecule has 0 aromatic carbocycles. The molecule has 0 fully saturated rings. The van der Waals surface area contributed by atoms with Crippen molar-refractivity contribution in [3.63, 3.8) is 0 Å². The molecule has 0 bridgehead atoms. The smallest absolute Gasteiger partial charge is 0.277 e. The van der Waals surface area contributed by atoms with Crippen LogP contribution in [0.25, 0.3) is 5.82 Å². The van der Waals surface area contributed by atoms with Crippen LogP contribution < -0.4 is 5.32 Å². The second-order valence-corrected chi connectivity index (χ2v) is 5.29. The van der Waals surface area contributed by atoms with E-state index in [9.17, 15) is 9.59 Å². The number of pyridine rings is 1. The molecule has 0 unspecified atom stereocenters. The van der Waals surface area contributed by atoms with E-state index in [0.29, 0.717) is 11.5 Å². The van der Waals surface area contributed by atoms with Crippen molar-refractivity contribution in [2.24, 2.45) is 0 Å². The van der Waals surface area contributed by atoms with Gasteiger partial charge in [-0.1, -0.05) is 5.21 Å². The van der Waals surface area contributed by atoms with Crippen LogP contribution in [0.5, 0.6) is 0 Å². The van der Waals surface area contributed by atoms with Gasteiger partial charge in [-0.2, -0.15) is 5.10 Å². The molecule has 3 rings (SSSR count). The first-order valence-corrected chi connectivity index (χ1v) is 7.25. The van der Waals surface area contributed by atoms with Gasteiger partial charge in [0, 0.05) is 14.1 Å². The topological polar surface area (TPSA) is 124 Å². The van der Waals surface area contributed by atoms with Gasteiger partial charge in [0.05, 0.1) is 18.1 Å². The number of nitrogens with zero attached hydrogens (tertiary/aromatic N) is 8. The van der Waals surface area contributed by atoms with Crippen LogP contribution in [0.4, 0.5) is 5.69 Å². The van der Waals surface area contributed by atoms with E-state index in [1.54, 1.807) is 26.2 Å². The zero-order valence-electron chi connectivity index (χ0n) is 13.6. The number of hydrogen-bond acceptors (Lipinski definition) is 7. The highest BCUT2D eigenvalue weighted by Crippen LogP contribution is 2.10. The van der Waals surface area contributed by atoms with E-state index in [4.69, 9.17) is 0 Å². The summed E-state index contributed by atoms with van der Waals surface area (Å²) in [4.78, 5) is 33.3. The van der Waals surface area contributed by atoms with E-state index in [2.05, 4.69) is 30.7 Å². The summed E-state index contributed by atoms with van der Waals surface area (Å²) in [5, 5.41) is 14.2. The highest BCUT2D eigenvalue weighted by atomic mass is 16.2. The summed E-state index contributed by atoms with van der Waals surface area (Å²) in [5.41, 5.74) is 0.597. The number of carbonyl (C=O) groups is 2.